The predicted octanol–water partition coefficient (Wildman–Crippen LogP) is 8.54. The van der Waals surface area contributed by atoms with Crippen molar-refractivity contribution in [3.8, 4) is 0 Å². The summed E-state index contributed by atoms with van der Waals surface area (Å²) in [5, 5.41) is 0. The number of ether oxygens (including phenoxy) is 1. The zero-order chi connectivity index (χ0) is 20.0. The average Bonchev–Trinajstić information content (AvgIpc) is 2.63. The van der Waals surface area contributed by atoms with Crippen LogP contribution in [-0.2, 0) is 9.53 Å². The summed E-state index contributed by atoms with van der Waals surface area (Å²) < 4.78 is 5.14. The van der Waals surface area contributed by atoms with Crippen molar-refractivity contribution >= 4 is 5.97 Å². The van der Waals surface area contributed by atoms with Gasteiger partial charge in [0.15, 0.2) is 0 Å². The molecule has 160 valence electrons. The summed E-state index contributed by atoms with van der Waals surface area (Å²) in [5.41, 5.74) is 0. The van der Waals surface area contributed by atoms with Crippen molar-refractivity contribution in [2.45, 2.75) is 142 Å². The van der Waals surface area contributed by atoms with Gasteiger partial charge in [0.1, 0.15) is 0 Å². The zero-order valence-corrected chi connectivity index (χ0v) is 18.8. The Bertz CT molecular complexity index is 333. The van der Waals surface area contributed by atoms with E-state index in [1.165, 1.54) is 96.3 Å². The molecule has 0 bridgehead atoms. The molecule has 0 radical (unpaired) electrons. The monoisotopic (exact) mass is 380 g/mol. The summed E-state index contributed by atoms with van der Waals surface area (Å²) in [4.78, 5) is 11.4. The lowest BCUT2D eigenvalue weighted by molar-refractivity contribution is -0.147. The van der Waals surface area contributed by atoms with Crippen LogP contribution in [0.15, 0.2) is 12.2 Å². The van der Waals surface area contributed by atoms with E-state index in [4.69, 9.17) is 4.74 Å². The lowest BCUT2D eigenvalue weighted by Crippen LogP contribution is -2.10. The highest BCUT2D eigenvalue weighted by molar-refractivity contribution is 5.69. The number of allylic oxidation sites excluding steroid dienone is 2. The minimum Gasteiger partial charge on any atom is -0.463 e. The van der Waals surface area contributed by atoms with Crippen molar-refractivity contribution in [3.05, 3.63) is 12.2 Å². The Morgan fingerprint density at radius 1 is 0.667 bits per heavy atom. The van der Waals surface area contributed by atoms with Crippen LogP contribution >= 0.6 is 0 Å². The van der Waals surface area contributed by atoms with Crippen LogP contribution in [0.3, 0.4) is 0 Å². The number of esters is 1. The second-order valence-corrected chi connectivity index (χ2v) is 8.29. The van der Waals surface area contributed by atoms with E-state index >= 15 is 0 Å². The lowest BCUT2D eigenvalue weighted by Gasteiger charge is -2.07. The zero-order valence-electron chi connectivity index (χ0n) is 18.8. The molecular formula is C25H48O2. The summed E-state index contributed by atoms with van der Waals surface area (Å²) in [7, 11) is 0. The van der Waals surface area contributed by atoms with Crippen LogP contribution < -0.4 is 0 Å². The van der Waals surface area contributed by atoms with Crippen LogP contribution in [-0.4, -0.2) is 12.1 Å². The van der Waals surface area contributed by atoms with Crippen LogP contribution in [0.2, 0.25) is 0 Å². The summed E-state index contributed by atoms with van der Waals surface area (Å²) in [6.07, 6.45) is 27.9. The quantitative estimate of drug-likeness (QED) is 0.120. The molecular weight excluding hydrogens is 332 g/mol. The van der Waals surface area contributed by atoms with Crippen LogP contribution in [0.5, 0.6) is 0 Å². The maximum atomic E-state index is 11.4. The van der Waals surface area contributed by atoms with Crippen molar-refractivity contribution in [1.29, 1.82) is 0 Å². The van der Waals surface area contributed by atoms with E-state index in [-0.39, 0.29) is 12.1 Å². The molecule has 0 fully saturated rings. The first-order chi connectivity index (χ1) is 13.2. The fraction of sp³-hybridized carbons (Fsp3) is 0.880. The fourth-order valence-electron chi connectivity index (χ4n) is 3.37. The SMILES string of the molecule is CCCCCCCC/C=C\CCCCCCCCCCCC(=O)OC(C)C. The Kier molecular flexibility index (Phi) is 20.9. The maximum Gasteiger partial charge on any atom is 0.306 e. The van der Waals surface area contributed by atoms with E-state index < -0.39 is 0 Å². The van der Waals surface area contributed by atoms with E-state index in [1.807, 2.05) is 13.8 Å². The number of carbonyl (C=O) groups is 1. The van der Waals surface area contributed by atoms with Crippen LogP contribution in [0.1, 0.15) is 136 Å². The Labute approximate surface area is 170 Å². The van der Waals surface area contributed by atoms with E-state index in [1.54, 1.807) is 0 Å². The van der Waals surface area contributed by atoms with E-state index in [2.05, 4.69) is 19.1 Å². The van der Waals surface area contributed by atoms with Gasteiger partial charge >= 0.3 is 5.97 Å². The first-order valence-electron chi connectivity index (χ1n) is 12.0. The summed E-state index contributed by atoms with van der Waals surface area (Å²) >= 11 is 0. The summed E-state index contributed by atoms with van der Waals surface area (Å²) in [6.45, 7) is 6.09. The molecule has 0 atom stereocenters. The number of unbranched alkanes of at least 4 members (excludes halogenated alkanes) is 15. The first kappa shape index (κ1) is 26.2. The second-order valence-electron chi connectivity index (χ2n) is 8.29. The highest BCUT2D eigenvalue weighted by Crippen LogP contribution is 2.12. The molecule has 0 saturated heterocycles. The van der Waals surface area contributed by atoms with Gasteiger partial charge < -0.3 is 4.74 Å². The molecule has 0 heterocycles. The summed E-state index contributed by atoms with van der Waals surface area (Å²) in [5.74, 6) is -0.0361. The third-order valence-electron chi connectivity index (χ3n) is 5.01. The minimum atomic E-state index is -0.0361. The van der Waals surface area contributed by atoms with Crippen molar-refractivity contribution in [3.63, 3.8) is 0 Å². The van der Waals surface area contributed by atoms with Gasteiger partial charge in [-0.2, -0.15) is 0 Å². The lowest BCUT2D eigenvalue weighted by atomic mass is 10.1. The molecule has 0 saturated carbocycles. The van der Waals surface area contributed by atoms with Gasteiger partial charge in [0.05, 0.1) is 6.10 Å². The molecule has 0 aliphatic carbocycles. The topological polar surface area (TPSA) is 26.3 Å². The van der Waals surface area contributed by atoms with Crippen molar-refractivity contribution in [2.24, 2.45) is 0 Å². The van der Waals surface area contributed by atoms with Crippen molar-refractivity contribution in [2.75, 3.05) is 0 Å². The molecule has 0 aliphatic heterocycles. The number of hydrogen-bond acceptors (Lipinski definition) is 2. The fourth-order valence-corrected chi connectivity index (χ4v) is 3.37. The van der Waals surface area contributed by atoms with Gasteiger partial charge in [0, 0.05) is 6.42 Å². The van der Waals surface area contributed by atoms with Crippen LogP contribution in [0.25, 0.3) is 0 Å². The Balaban J connectivity index is 3.14. The maximum absolute atomic E-state index is 11.4. The second kappa shape index (κ2) is 21.5. The van der Waals surface area contributed by atoms with Gasteiger partial charge in [-0.05, 0) is 46.0 Å². The predicted molar refractivity (Wildman–Crippen MR) is 119 cm³/mol. The van der Waals surface area contributed by atoms with Gasteiger partial charge in [-0.15, -0.1) is 0 Å². The molecule has 0 aromatic rings. The average molecular weight is 381 g/mol. The van der Waals surface area contributed by atoms with E-state index in [0.717, 1.165) is 12.8 Å². The Morgan fingerprint density at radius 3 is 1.52 bits per heavy atom. The number of carbonyl (C=O) groups excluding carboxylic acids is 1. The molecule has 2 nitrogen and oxygen atoms in total. The molecule has 0 amide bonds. The first-order valence-corrected chi connectivity index (χ1v) is 12.0. The van der Waals surface area contributed by atoms with E-state index in [9.17, 15) is 4.79 Å². The number of hydrogen-bond donors (Lipinski definition) is 0. The van der Waals surface area contributed by atoms with Gasteiger partial charge in [-0.3, -0.25) is 4.79 Å². The van der Waals surface area contributed by atoms with Gasteiger partial charge in [0.25, 0.3) is 0 Å². The van der Waals surface area contributed by atoms with Crippen molar-refractivity contribution in [1.82, 2.24) is 0 Å². The third-order valence-corrected chi connectivity index (χ3v) is 5.01. The van der Waals surface area contributed by atoms with Gasteiger partial charge in [-0.25, -0.2) is 0 Å². The molecule has 0 aliphatic rings. The smallest absolute Gasteiger partial charge is 0.306 e. The Morgan fingerprint density at radius 2 is 1.07 bits per heavy atom. The third kappa shape index (κ3) is 23.2. The van der Waals surface area contributed by atoms with Gasteiger partial charge in [-0.1, -0.05) is 96.1 Å². The van der Waals surface area contributed by atoms with Crippen LogP contribution in [0.4, 0.5) is 0 Å². The molecule has 0 aromatic carbocycles. The molecule has 27 heavy (non-hydrogen) atoms. The normalized spacial score (nSPS) is 11.6. The van der Waals surface area contributed by atoms with Crippen molar-refractivity contribution < 1.29 is 9.53 Å². The molecule has 0 spiro atoms. The summed E-state index contributed by atoms with van der Waals surface area (Å²) in [6, 6.07) is 0. The van der Waals surface area contributed by atoms with Gasteiger partial charge in [0.2, 0.25) is 0 Å². The van der Waals surface area contributed by atoms with Crippen LogP contribution in [0, 0.1) is 0 Å². The molecule has 0 rings (SSSR count). The molecule has 2 heteroatoms. The highest BCUT2D eigenvalue weighted by Gasteiger charge is 2.04. The minimum absolute atomic E-state index is 0.0216. The number of rotatable bonds is 20. The highest BCUT2D eigenvalue weighted by atomic mass is 16.5. The molecule has 0 unspecified atom stereocenters. The molecule has 0 N–H and O–H groups in total. The standard InChI is InChI=1S/C25H48O2/c1-4-5-6-7-8-9-10-11-12-13-14-15-16-17-18-19-20-21-22-23-25(26)27-24(2)3/h11-12,24H,4-10,13-23H2,1-3H3/b12-11-. The molecule has 0 aromatic heterocycles. The largest absolute Gasteiger partial charge is 0.463 e. The van der Waals surface area contributed by atoms with E-state index in [0.29, 0.717) is 6.42 Å². The Hall–Kier alpha value is -0.790.